The quantitative estimate of drug-likeness (QED) is 0.793. The van der Waals surface area contributed by atoms with Crippen LogP contribution >= 0.6 is 0 Å². The summed E-state index contributed by atoms with van der Waals surface area (Å²) in [5, 5.41) is 11.0. The number of hydrogen-bond donors (Lipinski definition) is 0. The normalized spacial score (nSPS) is 22.6. The molecule has 2 aromatic rings. The van der Waals surface area contributed by atoms with Crippen molar-refractivity contribution < 1.29 is 9.59 Å². The zero-order valence-electron chi connectivity index (χ0n) is 15.3. The van der Waals surface area contributed by atoms with E-state index >= 15 is 0 Å². The molecule has 27 heavy (non-hydrogen) atoms. The maximum absolute atomic E-state index is 13.4. The summed E-state index contributed by atoms with van der Waals surface area (Å²) in [6.07, 6.45) is 5.12. The summed E-state index contributed by atoms with van der Waals surface area (Å²) in [5.41, 5.74) is 0.461. The molecule has 0 aliphatic carbocycles. The van der Waals surface area contributed by atoms with Gasteiger partial charge in [-0.25, -0.2) is 4.68 Å². The van der Waals surface area contributed by atoms with Gasteiger partial charge in [0.15, 0.2) is 0 Å². The second kappa shape index (κ2) is 7.46. The van der Waals surface area contributed by atoms with Gasteiger partial charge in [0, 0.05) is 26.1 Å². The number of benzene rings is 1. The van der Waals surface area contributed by atoms with E-state index in [1.807, 2.05) is 40.1 Å². The largest absolute Gasteiger partial charge is 0.336 e. The highest BCUT2D eigenvalue weighted by Crippen LogP contribution is 2.39. The van der Waals surface area contributed by atoms with Gasteiger partial charge in [-0.3, -0.25) is 9.59 Å². The van der Waals surface area contributed by atoms with Crippen LogP contribution in [0.25, 0.3) is 0 Å². The number of aromatic nitrogens is 4. The van der Waals surface area contributed by atoms with Gasteiger partial charge in [0.1, 0.15) is 11.9 Å². The molecule has 2 saturated heterocycles. The van der Waals surface area contributed by atoms with Crippen LogP contribution in [0.5, 0.6) is 0 Å². The second-order valence-corrected chi connectivity index (χ2v) is 7.32. The van der Waals surface area contributed by atoms with Crippen molar-refractivity contribution >= 4 is 11.8 Å². The van der Waals surface area contributed by atoms with Crippen LogP contribution in [0.1, 0.15) is 37.7 Å². The van der Waals surface area contributed by atoms with Crippen molar-refractivity contribution in [1.82, 2.24) is 30.0 Å². The zero-order valence-corrected chi connectivity index (χ0v) is 15.3. The van der Waals surface area contributed by atoms with E-state index in [2.05, 4.69) is 15.5 Å². The molecule has 2 aliphatic rings. The number of piperidine rings is 1. The van der Waals surface area contributed by atoms with Crippen LogP contribution in [0.3, 0.4) is 0 Å². The van der Waals surface area contributed by atoms with E-state index in [1.54, 1.807) is 4.68 Å². The van der Waals surface area contributed by atoms with Crippen LogP contribution in [0, 0.1) is 0 Å². The molecule has 2 amide bonds. The third-order valence-electron chi connectivity index (χ3n) is 5.66. The Hall–Kier alpha value is -2.77. The van der Waals surface area contributed by atoms with Gasteiger partial charge in [-0.15, -0.1) is 5.10 Å². The highest BCUT2D eigenvalue weighted by atomic mass is 16.2. The SMILES string of the molecule is O=C(CCn1cnnn1)N1CCCC12CCCN(Cc1ccccc1)C2=O. The number of likely N-dealkylation sites (tertiary alicyclic amines) is 2. The van der Waals surface area contributed by atoms with Gasteiger partial charge in [-0.2, -0.15) is 0 Å². The number of hydrogen-bond acceptors (Lipinski definition) is 5. The Morgan fingerprint density at radius 3 is 2.63 bits per heavy atom. The van der Waals surface area contributed by atoms with Crippen molar-refractivity contribution in [3.8, 4) is 0 Å². The Morgan fingerprint density at radius 1 is 1.11 bits per heavy atom. The molecule has 4 rings (SSSR count). The Labute approximate surface area is 158 Å². The number of aryl methyl sites for hydroxylation is 1. The highest BCUT2D eigenvalue weighted by Gasteiger charge is 2.52. The smallest absolute Gasteiger partial charge is 0.248 e. The minimum atomic E-state index is -0.662. The Bertz CT molecular complexity index is 794. The third kappa shape index (κ3) is 3.43. The average Bonchev–Trinajstić information content (AvgIpc) is 3.35. The van der Waals surface area contributed by atoms with E-state index in [1.165, 1.54) is 6.33 Å². The summed E-state index contributed by atoms with van der Waals surface area (Å²) >= 11 is 0. The van der Waals surface area contributed by atoms with Crippen LogP contribution in [0.2, 0.25) is 0 Å². The first kappa shape index (κ1) is 17.6. The molecule has 1 unspecified atom stereocenters. The van der Waals surface area contributed by atoms with Crippen LogP contribution in [0.4, 0.5) is 0 Å². The number of carbonyl (C=O) groups is 2. The van der Waals surface area contributed by atoms with E-state index in [-0.39, 0.29) is 11.8 Å². The third-order valence-corrected chi connectivity index (χ3v) is 5.66. The Balaban J connectivity index is 1.47. The molecular weight excluding hydrogens is 344 g/mol. The molecule has 8 heteroatoms. The molecule has 0 saturated carbocycles. The number of nitrogens with zero attached hydrogens (tertiary/aromatic N) is 6. The van der Waals surface area contributed by atoms with E-state index in [9.17, 15) is 9.59 Å². The highest BCUT2D eigenvalue weighted by molar-refractivity contribution is 5.92. The van der Waals surface area contributed by atoms with Gasteiger partial charge in [0.05, 0.1) is 6.54 Å². The van der Waals surface area contributed by atoms with E-state index < -0.39 is 5.54 Å². The number of rotatable bonds is 5. The van der Waals surface area contributed by atoms with Gasteiger partial charge in [0.25, 0.3) is 0 Å². The van der Waals surface area contributed by atoms with Crippen molar-refractivity contribution in [2.75, 3.05) is 13.1 Å². The fourth-order valence-corrected chi connectivity index (χ4v) is 4.37. The van der Waals surface area contributed by atoms with Crippen LogP contribution in [-0.2, 0) is 22.7 Å². The maximum Gasteiger partial charge on any atom is 0.248 e. The summed E-state index contributed by atoms with van der Waals surface area (Å²) in [4.78, 5) is 30.0. The number of amides is 2. The molecule has 0 bridgehead atoms. The summed E-state index contributed by atoms with van der Waals surface area (Å²) in [7, 11) is 0. The number of tetrazole rings is 1. The summed E-state index contributed by atoms with van der Waals surface area (Å²) in [6.45, 7) is 2.44. The van der Waals surface area contributed by atoms with Crippen LogP contribution in [-0.4, -0.2) is 60.4 Å². The first-order chi connectivity index (χ1) is 13.2. The Morgan fingerprint density at radius 2 is 1.89 bits per heavy atom. The lowest BCUT2D eigenvalue weighted by atomic mass is 9.85. The lowest BCUT2D eigenvalue weighted by Crippen LogP contribution is -2.61. The van der Waals surface area contributed by atoms with Gasteiger partial charge in [-0.1, -0.05) is 30.3 Å². The molecule has 0 radical (unpaired) electrons. The average molecular weight is 368 g/mol. The second-order valence-electron chi connectivity index (χ2n) is 7.32. The Kier molecular flexibility index (Phi) is 4.87. The summed E-state index contributed by atoms with van der Waals surface area (Å²) in [5.74, 6) is 0.115. The minimum absolute atomic E-state index is 0.0120. The first-order valence-electron chi connectivity index (χ1n) is 9.54. The molecule has 2 fully saturated rings. The van der Waals surface area contributed by atoms with Gasteiger partial charge >= 0.3 is 0 Å². The number of carbonyl (C=O) groups excluding carboxylic acids is 2. The van der Waals surface area contributed by atoms with Crippen molar-refractivity contribution in [2.24, 2.45) is 0 Å². The van der Waals surface area contributed by atoms with Gasteiger partial charge in [-0.05, 0) is 41.7 Å². The van der Waals surface area contributed by atoms with Gasteiger partial charge in [0.2, 0.25) is 11.8 Å². The zero-order chi connectivity index (χ0) is 18.7. The van der Waals surface area contributed by atoms with Crippen molar-refractivity contribution in [2.45, 2.75) is 50.7 Å². The lowest BCUT2D eigenvalue weighted by Gasteiger charge is -2.44. The predicted octanol–water partition coefficient (Wildman–Crippen LogP) is 1.25. The minimum Gasteiger partial charge on any atom is -0.336 e. The van der Waals surface area contributed by atoms with Gasteiger partial charge < -0.3 is 9.80 Å². The topological polar surface area (TPSA) is 84.2 Å². The van der Waals surface area contributed by atoms with Crippen molar-refractivity contribution in [3.63, 3.8) is 0 Å². The summed E-state index contributed by atoms with van der Waals surface area (Å²) < 4.78 is 1.55. The molecular formula is C19H24N6O2. The fraction of sp³-hybridized carbons (Fsp3) is 0.526. The molecule has 2 aliphatic heterocycles. The summed E-state index contributed by atoms with van der Waals surface area (Å²) in [6, 6.07) is 10.0. The van der Waals surface area contributed by atoms with Crippen molar-refractivity contribution in [1.29, 1.82) is 0 Å². The monoisotopic (exact) mass is 368 g/mol. The molecule has 1 atom stereocenters. The molecule has 142 valence electrons. The fourth-order valence-electron chi connectivity index (χ4n) is 4.37. The predicted molar refractivity (Wildman–Crippen MR) is 97.2 cm³/mol. The first-order valence-corrected chi connectivity index (χ1v) is 9.54. The maximum atomic E-state index is 13.4. The lowest BCUT2D eigenvalue weighted by molar-refractivity contribution is -0.156. The van der Waals surface area contributed by atoms with E-state index in [0.717, 1.165) is 37.8 Å². The van der Waals surface area contributed by atoms with E-state index in [4.69, 9.17) is 0 Å². The van der Waals surface area contributed by atoms with Crippen LogP contribution in [0.15, 0.2) is 36.7 Å². The van der Waals surface area contributed by atoms with E-state index in [0.29, 0.717) is 26.1 Å². The molecule has 8 nitrogen and oxygen atoms in total. The molecule has 3 heterocycles. The molecule has 1 spiro atoms. The van der Waals surface area contributed by atoms with Crippen molar-refractivity contribution in [3.05, 3.63) is 42.2 Å². The standard InChI is InChI=1S/C19H24N6O2/c26-17(8-13-24-15-20-21-22-24)25-12-5-10-19(25)9-4-11-23(18(19)27)14-16-6-2-1-3-7-16/h1-3,6-7,15H,4-5,8-14H2. The molecule has 0 N–H and O–H groups in total. The molecule has 1 aromatic heterocycles. The molecule has 1 aromatic carbocycles. The van der Waals surface area contributed by atoms with Crippen LogP contribution < -0.4 is 0 Å².